The van der Waals surface area contributed by atoms with Crippen molar-refractivity contribution in [2.24, 2.45) is 5.92 Å². The fourth-order valence-electron chi connectivity index (χ4n) is 3.53. The van der Waals surface area contributed by atoms with Gasteiger partial charge in [-0.3, -0.25) is 20.4 Å². The molecule has 0 bridgehead atoms. The smallest absolute Gasteiger partial charge is 0.321 e. The maximum absolute atomic E-state index is 12.4. The number of amides is 4. The van der Waals surface area contributed by atoms with Gasteiger partial charge >= 0.3 is 6.03 Å². The zero-order chi connectivity index (χ0) is 22.2. The lowest BCUT2D eigenvalue weighted by Gasteiger charge is -2.31. The van der Waals surface area contributed by atoms with Gasteiger partial charge in [-0.05, 0) is 50.5 Å². The average molecular weight is 424 g/mol. The van der Waals surface area contributed by atoms with Crippen LogP contribution in [0.3, 0.4) is 0 Å². The van der Waals surface area contributed by atoms with Crippen LogP contribution >= 0.6 is 0 Å². The first-order chi connectivity index (χ1) is 14.9. The van der Waals surface area contributed by atoms with E-state index in [9.17, 15) is 14.4 Å². The molecule has 8 nitrogen and oxygen atoms in total. The number of urea groups is 1. The summed E-state index contributed by atoms with van der Waals surface area (Å²) < 4.78 is 0. The molecule has 2 aromatic carbocycles. The van der Waals surface area contributed by atoms with Crippen molar-refractivity contribution in [2.45, 2.75) is 26.7 Å². The van der Waals surface area contributed by atoms with Gasteiger partial charge < -0.3 is 15.5 Å². The number of aryl methyl sites for hydroxylation is 2. The Kier molecular flexibility index (Phi) is 7.48. The number of hydrazine groups is 1. The van der Waals surface area contributed by atoms with Gasteiger partial charge in [0.25, 0.3) is 5.91 Å². The van der Waals surface area contributed by atoms with E-state index in [0.717, 1.165) is 22.5 Å². The van der Waals surface area contributed by atoms with E-state index in [1.807, 2.05) is 62.4 Å². The summed E-state index contributed by atoms with van der Waals surface area (Å²) in [4.78, 5) is 38.5. The Morgan fingerprint density at radius 3 is 2.35 bits per heavy atom. The zero-order valence-electron chi connectivity index (χ0n) is 17.9. The SMILES string of the molecule is Cc1ccc(NCC(=O)NNC(=O)C2CCN(C(=O)Nc3ccccc3)CC2)c(C)c1. The van der Waals surface area contributed by atoms with Crippen molar-refractivity contribution < 1.29 is 14.4 Å². The highest BCUT2D eigenvalue weighted by atomic mass is 16.2. The standard InChI is InChI=1S/C23H29N5O3/c1-16-8-9-20(17(2)14-16)24-15-21(29)26-27-22(30)18-10-12-28(13-11-18)23(31)25-19-6-4-3-5-7-19/h3-9,14,18,24H,10-13,15H2,1-2H3,(H,25,31)(H,26,29)(H,27,30). The summed E-state index contributed by atoms with van der Waals surface area (Å²) in [5.41, 5.74) is 8.79. The molecule has 1 aliphatic rings. The third kappa shape index (κ3) is 6.47. The molecule has 2 aromatic rings. The van der Waals surface area contributed by atoms with Crippen LogP contribution in [0, 0.1) is 19.8 Å². The molecule has 31 heavy (non-hydrogen) atoms. The topological polar surface area (TPSA) is 103 Å². The van der Waals surface area contributed by atoms with Crippen LogP contribution in [-0.4, -0.2) is 42.4 Å². The molecule has 1 fully saturated rings. The van der Waals surface area contributed by atoms with Gasteiger partial charge in [-0.1, -0.05) is 35.9 Å². The summed E-state index contributed by atoms with van der Waals surface area (Å²) in [6.45, 7) is 5.01. The van der Waals surface area contributed by atoms with Crippen LogP contribution in [0.25, 0.3) is 0 Å². The predicted molar refractivity (Wildman–Crippen MR) is 120 cm³/mol. The molecule has 0 aromatic heterocycles. The third-order valence-electron chi connectivity index (χ3n) is 5.32. The van der Waals surface area contributed by atoms with E-state index in [-0.39, 0.29) is 30.3 Å². The number of nitrogens with zero attached hydrogens (tertiary/aromatic N) is 1. The number of carbonyl (C=O) groups is 3. The van der Waals surface area contributed by atoms with Crippen LogP contribution in [0.1, 0.15) is 24.0 Å². The minimum atomic E-state index is -0.326. The summed E-state index contributed by atoms with van der Waals surface area (Å²) in [5.74, 6) is -0.802. The van der Waals surface area contributed by atoms with Crippen LogP contribution in [0.2, 0.25) is 0 Å². The molecule has 4 amide bonds. The molecule has 3 rings (SSSR count). The van der Waals surface area contributed by atoms with Gasteiger partial charge in [0.15, 0.2) is 0 Å². The van der Waals surface area contributed by atoms with Crippen LogP contribution in [0.5, 0.6) is 0 Å². The Labute approximate surface area is 182 Å². The lowest BCUT2D eigenvalue weighted by atomic mass is 9.96. The summed E-state index contributed by atoms with van der Waals surface area (Å²) in [6, 6.07) is 15.0. The van der Waals surface area contributed by atoms with Gasteiger partial charge in [0.1, 0.15) is 0 Å². The van der Waals surface area contributed by atoms with Crippen LogP contribution in [-0.2, 0) is 9.59 Å². The molecule has 0 spiro atoms. The number of para-hydroxylation sites is 1. The first-order valence-electron chi connectivity index (χ1n) is 10.4. The third-order valence-corrected chi connectivity index (χ3v) is 5.32. The van der Waals surface area contributed by atoms with Crippen LogP contribution < -0.4 is 21.5 Å². The monoisotopic (exact) mass is 423 g/mol. The Morgan fingerprint density at radius 1 is 0.968 bits per heavy atom. The van der Waals surface area contributed by atoms with Crippen molar-refractivity contribution in [3.8, 4) is 0 Å². The maximum atomic E-state index is 12.4. The van der Waals surface area contributed by atoms with Gasteiger partial charge in [-0.15, -0.1) is 0 Å². The van der Waals surface area contributed by atoms with Gasteiger partial charge in [-0.2, -0.15) is 0 Å². The molecule has 4 N–H and O–H groups in total. The molecule has 0 atom stereocenters. The van der Waals surface area contributed by atoms with Crippen molar-refractivity contribution in [3.05, 3.63) is 59.7 Å². The molecule has 0 saturated carbocycles. The molecule has 0 unspecified atom stereocenters. The predicted octanol–water partition coefficient (Wildman–Crippen LogP) is 2.81. The highest BCUT2D eigenvalue weighted by Crippen LogP contribution is 2.18. The van der Waals surface area contributed by atoms with E-state index in [1.165, 1.54) is 0 Å². The Balaban J connectivity index is 1.36. The molecule has 1 saturated heterocycles. The fraction of sp³-hybridized carbons (Fsp3) is 0.348. The minimum absolute atomic E-state index is 0.0578. The zero-order valence-corrected chi connectivity index (χ0v) is 17.9. The highest BCUT2D eigenvalue weighted by Gasteiger charge is 2.27. The molecule has 0 radical (unpaired) electrons. The fourth-order valence-corrected chi connectivity index (χ4v) is 3.53. The van der Waals surface area contributed by atoms with Crippen molar-refractivity contribution in [2.75, 3.05) is 30.3 Å². The summed E-state index contributed by atoms with van der Waals surface area (Å²) >= 11 is 0. The van der Waals surface area contributed by atoms with Crippen molar-refractivity contribution in [1.29, 1.82) is 0 Å². The maximum Gasteiger partial charge on any atom is 0.321 e. The average Bonchev–Trinajstić information content (AvgIpc) is 2.77. The van der Waals surface area contributed by atoms with Crippen molar-refractivity contribution in [1.82, 2.24) is 15.8 Å². The molecule has 1 aliphatic heterocycles. The first kappa shape index (κ1) is 22.1. The van der Waals surface area contributed by atoms with Crippen LogP contribution in [0.15, 0.2) is 48.5 Å². The Hall–Kier alpha value is -3.55. The van der Waals surface area contributed by atoms with Gasteiger partial charge in [-0.25, -0.2) is 4.79 Å². The molecular formula is C23H29N5O3. The van der Waals surface area contributed by atoms with Crippen molar-refractivity contribution in [3.63, 3.8) is 0 Å². The second-order valence-corrected chi connectivity index (χ2v) is 7.77. The molecule has 8 heteroatoms. The molecule has 164 valence electrons. The second kappa shape index (κ2) is 10.5. The van der Waals surface area contributed by atoms with E-state index in [0.29, 0.717) is 25.9 Å². The molecule has 0 aliphatic carbocycles. The second-order valence-electron chi connectivity index (χ2n) is 7.77. The van der Waals surface area contributed by atoms with Crippen LogP contribution in [0.4, 0.5) is 16.2 Å². The number of rotatable bonds is 5. The van der Waals surface area contributed by atoms with Crippen molar-refractivity contribution >= 4 is 29.2 Å². The van der Waals surface area contributed by atoms with E-state index in [4.69, 9.17) is 0 Å². The summed E-state index contributed by atoms with van der Waals surface area (Å²) in [5, 5.41) is 5.92. The number of carbonyl (C=O) groups excluding carboxylic acids is 3. The largest absolute Gasteiger partial charge is 0.376 e. The lowest BCUT2D eigenvalue weighted by molar-refractivity contribution is -0.131. The molecular weight excluding hydrogens is 394 g/mol. The number of nitrogens with one attached hydrogen (secondary N) is 4. The number of hydrogen-bond acceptors (Lipinski definition) is 4. The van der Waals surface area contributed by atoms with Gasteiger partial charge in [0, 0.05) is 30.4 Å². The summed E-state index contributed by atoms with van der Waals surface area (Å²) in [7, 11) is 0. The number of anilines is 2. The van der Waals surface area contributed by atoms with E-state index in [2.05, 4.69) is 21.5 Å². The quantitative estimate of drug-likeness (QED) is 0.555. The van der Waals surface area contributed by atoms with E-state index in [1.54, 1.807) is 4.90 Å². The molecule has 1 heterocycles. The Bertz CT molecular complexity index is 924. The summed E-state index contributed by atoms with van der Waals surface area (Å²) in [6.07, 6.45) is 1.09. The van der Waals surface area contributed by atoms with E-state index >= 15 is 0 Å². The number of hydrogen-bond donors (Lipinski definition) is 4. The number of benzene rings is 2. The number of likely N-dealkylation sites (tertiary alicyclic amines) is 1. The Morgan fingerprint density at radius 2 is 1.68 bits per heavy atom. The first-order valence-corrected chi connectivity index (χ1v) is 10.4. The number of piperidine rings is 1. The minimum Gasteiger partial charge on any atom is -0.376 e. The lowest BCUT2D eigenvalue weighted by Crippen LogP contribution is -2.49. The normalized spacial score (nSPS) is 13.9. The highest BCUT2D eigenvalue weighted by molar-refractivity contribution is 5.90. The van der Waals surface area contributed by atoms with Gasteiger partial charge in [0.05, 0.1) is 6.54 Å². The van der Waals surface area contributed by atoms with Gasteiger partial charge in [0.2, 0.25) is 5.91 Å². The van der Waals surface area contributed by atoms with E-state index < -0.39 is 0 Å².